The Kier molecular flexibility index (Phi) is 8.61. The Balaban J connectivity index is 1.74. The van der Waals surface area contributed by atoms with Gasteiger partial charge in [0.25, 0.3) is 0 Å². The largest absolute Gasteiger partial charge is 0.491 e. The smallest absolute Gasteiger partial charge is 0.333 e. The van der Waals surface area contributed by atoms with E-state index in [1.807, 2.05) is 12.1 Å². The number of carbonyl (C=O) groups is 1. The van der Waals surface area contributed by atoms with Gasteiger partial charge in [0, 0.05) is 17.2 Å². The number of hydrogen-bond acceptors (Lipinski definition) is 5. The molecule has 31 heavy (non-hydrogen) atoms. The van der Waals surface area contributed by atoms with E-state index in [4.69, 9.17) is 14.6 Å². The number of ether oxygens (including phenoxy) is 2. The van der Waals surface area contributed by atoms with Crippen LogP contribution in [0.4, 0.5) is 0 Å². The fourth-order valence-electron chi connectivity index (χ4n) is 3.98. The summed E-state index contributed by atoms with van der Waals surface area (Å²) in [7, 11) is 0. The van der Waals surface area contributed by atoms with Crippen LogP contribution in [0.2, 0.25) is 0 Å². The van der Waals surface area contributed by atoms with E-state index in [2.05, 4.69) is 49.5 Å². The van der Waals surface area contributed by atoms with Crippen LogP contribution in [0.15, 0.2) is 54.6 Å². The molecule has 166 valence electrons. The molecule has 0 spiro atoms. The third-order valence-electron chi connectivity index (χ3n) is 5.77. The molecule has 4 nitrogen and oxygen atoms in total. The number of carbonyl (C=O) groups excluding carboxylic acids is 1. The first-order valence-corrected chi connectivity index (χ1v) is 11.5. The van der Waals surface area contributed by atoms with Gasteiger partial charge in [-0.3, -0.25) is 0 Å². The van der Waals surface area contributed by atoms with Gasteiger partial charge in [0.15, 0.2) is 0 Å². The molecule has 0 aliphatic heterocycles. The van der Waals surface area contributed by atoms with E-state index in [1.165, 1.54) is 31.2 Å². The molecule has 0 bridgehead atoms. The number of benzene rings is 2. The molecule has 0 amide bonds. The molecule has 0 atom stereocenters. The summed E-state index contributed by atoms with van der Waals surface area (Å²) in [5, 5.41) is 9.65. The van der Waals surface area contributed by atoms with Gasteiger partial charge < -0.3 is 14.6 Å². The summed E-state index contributed by atoms with van der Waals surface area (Å²) in [6, 6.07) is 14.8. The average Bonchev–Trinajstić information content (AvgIpc) is 2.78. The van der Waals surface area contributed by atoms with Gasteiger partial charge in [-0.2, -0.15) is 12.6 Å². The molecule has 5 heteroatoms. The lowest BCUT2D eigenvalue weighted by Gasteiger charge is -2.26. The predicted octanol–water partition coefficient (Wildman–Crippen LogP) is 5.34. The first-order chi connectivity index (χ1) is 15.0. The molecule has 0 heterocycles. The lowest BCUT2D eigenvalue weighted by molar-refractivity contribution is -0.138. The van der Waals surface area contributed by atoms with Crippen LogP contribution in [-0.4, -0.2) is 36.1 Å². The summed E-state index contributed by atoms with van der Waals surface area (Å²) in [6.45, 7) is 5.66. The van der Waals surface area contributed by atoms with Gasteiger partial charge in [-0.25, -0.2) is 4.79 Å². The van der Waals surface area contributed by atoms with Crippen molar-refractivity contribution in [2.75, 3.05) is 19.8 Å². The molecule has 3 rings (SSSR count). The fraction of sp³-hybridized carbons (Fsp3) is 0.423. The average molecular weight is 441 g/mol. The number of aliphatic hydroxyl groups is 1. The zero-order valence-electron chi connectivity index (χ0n) is 18.2. The van der Waals surface area contributed by atoms with Crippen molar-refractivity contribution < 1.29 is 19.4 Å². The second-order valence-corrected chi connectivity index (χ2v) is 8.92. The number of rotatable bonds is 9. The van der Waals surface area contributed by atoms with Gasteiger partial charge in [0.05, 0.1) is 13.2 Å². The minimum atomic E-state index is -0.392. The maximum Gasteiger partial charge on any atom is 0.333 e. The third-order valence-corrected chi connectivity index (χ3v) is 6.29. The van der Waals surface area contributed by atoms with Crippen LogP contribution in [0.25, 0.3) is 11.1 Å². The summed E-state index contributed by atoms with van der Waals surface area (Å²) in [6.07, 6.45) is 5.31. The first-order valence-electron chi connectivity index (χ1n) is 11.0. The van der Waals surface area contributed by atoms with E-state index in [-0.39, 0.29) is 19.8 Å². The zero-order valence-corrected chi connectivity index (χ0v) is 19.1. The van der Waals surface area contributed by atoms with Gasteiger partial charge in [-0.1, -0.05) is 36.9 Å². The van der Waals surface area contributed by atoms with E-state index >= 15 is 0 Å². The summed E-state index contributed by atoms with van der Waals surface area (Å²) >= 11 is 4.61. The normalized spacial score (nSPS) is 18.4. The molecule has 1 fully saturated rings. The molecule has 0 aromatic heterocycles. The van der Waals surface area contributed by atoms with E-state index < -0.39 is 5.97 Å². The van der Waals surface area contributed by atoms with Crippen LogP contribution < -0.4 is 4.74 Å². The molecule has 0 saturated heterocycles. The van der Waals surface area contributed by atoms with Crippen molar-refractivity contribution in [1.82, 2.24) is 0 Å². The lowest BCUT2D eigenvalue weighted by Crippen LogP contribution is -2.12. The van der Waals surface area contributed by atoms with E-state index in [0.717, 1.165) is 16.7 Å². The maximum absolute atomic E-state index is 11.7. The minimum absolute atomic E-state index is 0.0531. The van der Waals surface area contributed by atoms with Gasteiger partial charge in [0.2, 0.25) is 0 Å². The molecule has 0 radical (unpaired) electrons. The third kappa shape index (κ3) is 6.62. The minimum Gasteiger partial charge on any atom is -0.491 e. The number of thiol groups is 1. The zero-order chi connectivity index (χ0) is 22.2. The molecule has 1 N–H and O–H groups in total. The molecular weight excluding hydrogens is 408 g/mol. The molecule has 1 aliphatic rings. The van der Waals surface area contributed by atoms with Crippen molar-refractivity contribution in [2.45, 2.75) is 50.2 Å². The van der Waals surface area contributed by atoms with Crippen LogP contribution in [0, 0.1) is 0 Å². The topological polar surface area (TPSA) is 55.8 Å². The Morgan fingerprint density at radius 3 is 2.39 bits per heavy atom. The van der Waals surface area contributed by atoms with Crippen LogP contribution >= 0.6 is 12.6 Å². The monoisotopic (exact) mass is 440 g/mol. The lowest BCUT2D eigenvalue weighted by atomic mass is 9.83. The number of aliphatic hydroxyl groups excluding tert-OH is 1. The second-order valence-electron chi connectivity index (χ2n) is 8.19. The molecule has 2 aromatic carbocycles. The van der Waals surface area contributed by atoms with Crippen LogP contribution in [0.1, 0.15) is 49.7 Å². The maximum atomic E-state index is 11.7. The Bertz CT molecular complexity index is 883. The summed E-state index contributed by atoms with van der Waals surface area (Å²) < 4.78 is 10.9. The number of esters is 1. The van der Waals surface area contributed by atoms with Crippen molar-refractivity contribution in [3.05, 3.63) is 65.7 Å². The van der Waals surface area contributed by atoms with Crippen molar-refractivity contribution in [1.29, 1.82) is 0 Å². The summed E-state index contributed by atoms with van der Waals surface area (Å²) in [5.41, 5.74) is 4.95. The van der Waals surface area contributed by atoms with Crippen molar-refractivity contribution >= 4 is 18.6 Å². The van der Waals surface area contributed by atoms with E-state index in [1.54, 1.807) is 6.92 Å². The van der Waals surface area contributed by atoms with E-state index in [9.17, 15) is 4.79 Å². The Morgan fingerprint density at radius 1 is 1.06 bits per heavy atom. The highest BCUT2D eigenvalue weighted by Gasteiger charge is 2.20. The Labute approximate surface area is 190 Å². The van der Waals surface area contributed by atoms with Gasteiger partial charge >= 0.3 is 5.97 Å². The first kappa shape index (κ1) is 23.4. The summed E-state index contributed by atoms with van der Waals surface area (Å²) in [5.74, 6) is 0.936. The Morgan fingerprint density at radius 2 is 1.74 bits per heavy atom. The fourth-order valence-corrected chi connectivity index (χ4v) is 4.28. The van der Waals surface area contributed by atoms with Crippen LogP contribution in [0.3, 0.4) is 0 Å². The van der Waals surface area contributed by atoms with Gasteiger partial charge in [0.1, 0.15) is 12.4 Å². The van der Waals surface area contributed by atoms with Gasteiger partial charge in [-0.05, 0) is 72.9 Å². The molecule has 2 aromatic rings. The molecular formula is C26H32O4S. The van der Waals surface area contributed by atoms with Crippen LogP contribution in [-0.2, 0) is 16.0 Å². The quantitative estimate of drug-likeness (QED) is 0.314. The van der Waals surface area contributed by atoms with Crippen molar-refractivity contribution in [3.8, 4) is 16.9 Å². The second kappa shape index (κ2) is 11.4. The molecule has 0 unspecified atom stereocenters. The van der Waals surface area contributed by atoms with Gasteiger partial charge in [-0.15, -0.1) is 0 Å². The number of hydrogen-bond donors (Lipinski definition) is 2. The highest BCUT2D eigenvalue weighted by molar-refractivity contribution is 7.80. The van der Waals surface area contributed by atoms with E-state index in [0.29, 0.717) is 28.9 Å². The Hall–Kier alpha value is -2.24. The SMILES string of the molecule is C=C(C)C(=O)OCCc1cc(-c2ccc(C3CCC(S)CC3)cc2)ccc1OCCO. The summed E-state index contributed by atoms with van der Waals surface area (Å²) in [4.78, 5) is 11.7. The van der Waals surface area contributed by atoms with Crippen molar-refractivity contribution in [3.63, 3.8) is 0 Å². The van der Waals surface area contributed by atoms with Crippen molar-refractivity contribution in [2.24, 2.45) is 0 Å². The predicted molar refractivity (Wildman–Crippen MR) is 128 cm³/mol. The van der Waals surface area contributed by atoms with Crippen LogP contribution in [0.5, 0.6) is 5.75 Å². The highest BCUT2D eigenvalue weighted by Crippen LogP contribution is 2.36. The highest BCUT2D eigenvalue weighted by atomic mass is 32.1. The molecule has 1 saturated carbocycles. The standard InChI is InChI=1S/C26H32O4S/c1-18(2)26(28)30-15-13-23-17-22(9-12-25(23)29-16-14-27)21-5-3-19(4-6-21)20-7-10-24(31)11-8-20/h3-6,9,12,17,20,24,27,31H,1,7-8,10-11,13-16H2,2H3. The molecule has 1 aliphatic carbocycles.